The van der Waals surface area contributed by atoms with Gasteiger partial charge in [-0.3, -0.25) is 4.79 Å². The monoisotopic (exact) mass is 230 g/mol. The maximum absolute atomic E-state index is 11.8. The number of ketones is 1. The predicted molar refractivity (Wildman–Crippen MR) is 71.0 cm³/mol. The molecular formula is C16H22O. The van der Waals surface area contributed by atoms with Gasteiger partial charge in [0.1, 0.15) is 5.78 Å². The minimum atomic E-state index is -0.170. The molecule has 1 fully saturated rings. The molecule has 1 heteroatoms. The lowest BCUT2D eigenvalue weighted by molar-refractivity contribution is -0.126. The van der Waals surface area contributed by atoms with Gasteiger partial charge in [0.05, 0.1) is 0 Å². The summed E-state index contributed by atoms with van der Waals surface area (Å²) in [5, 5.41) is 0. The van der Waals surface area contributed by atoms with E-state index >= 15 is 0 Å². The zero-order chi connectivity index (χ0) is 12.5. The Balaban J connectivity index is 1.80. The van der Waals surface area contributed by atoms with Crippen molar-refractivity contribution in [3.8, 4) is 0 Å². The van der Waals surface area contributed by atoms with Crippen LogP contribution in [0.5, 0.6) is 0 Å². The number of hydrogen-bond donors (Lipinski definition) is 0. The van der Waals surface area contributed by atoms with Gasteiger partial charge >= 0.3 is 0 Å². The van der Waals surface area contributed by atoms with Gasteiger partial charge in [-0.2, -0.15) is 0 Å². The lowest BCUT2D eigenvalue weighted by Gasteiger charge is -2.16. The van der Waals surface area contributed by atoms with Crippen molar-refractivity contribution in [3.05, 3.63) is 35.9 Å². The predicted octanol–water partition coefficient (Wildman–Crippen LogP) is 4.19. The van der Waals surface area contributed by atoms with Crippen molar-refractivity contribution in [1.29, 1.82) is 0 Å². The summed E-state index contributed by atoms with van der Waals surface area (Å²) in [5.74, 6) is 1.85. The molecule has 0 aromatic heterocycles. The molecular weight excluding hydrogens is 208 g/mol. The molecule has 0 spiro atoms. The van der Waals surface area contributed by atoms with Crippen molar-refractivity contribution >= 4 is 5.78 Å². The molecule has 2 atom stereocenters. The number of hydrogen-bond acceptors (Lipinski definition) is 1. The van der Waals surface area contributed by atoms with Gasteiger partial charge in [-0.25, -0.2) is 0 Å². The average molecular weight is 230 g/mol. The first-order valence-electron chi connectivity index (χ1n) is 6.57. The summed E-state index contributed by atoms with van der Waals surface area (Å²) in [4.78, 5) is 11.8. The van der Waals surface area contributed by atoms with Gasteiger partial charge in [-0.15, -0.1) is 0 Å². The van der Waals surface area contributed by atoms with Crippen LogP contribution in [0.3, 0.4) is 0 Å². The van der Waals surface area contributed by atoms with E-state index in [4.69, 9.17) is 0 Å². The second-order valence-corrected chi connectivity index (χ2v) is 6.22. The average Bonchev–Trinajstić information content (AvgIpc) is 3.05. The third-order valence-electron chi connectivity index (χ3n) is 3.73. The topological polar surface area (TPSA) is 17.1 Å². The summed E-state index contributed by atoms with van der Waals surface area (Å²) < 4.78 is 0. The van der Waals surface area contributed by atoms with E-state index < -0.39 is 0 Å². The van der Waals surface area contributed by atoms with Crippen LogP contribution in [0.15, 0.2) is 30.3 Å². The van der Waals surface area contributed by atoms with Gasteiger partial charge in [-0.05, 0) is 30.2 Å². The van der Waals surface area contributed by atoms with Crippen LogP contribution in [0, 0.1) is 11.3 Å². The van der Waals surface area contributed by atoms with E-state index in [1.807, 2.05) is 20.8 Å². The highest BCUT2D eigenvalue weighted by atomic mass is 16.1. The van der Waals surface area contributed by atoms with Crippen LogP contribution in [0.1, 0.15) is 51.5 Å². The molecule has 92 valence electrons. The molecule has 0 aliphatic heterocycles. The van der Waals surface area contributed by atoms with Crippen LogP contribution in [0.25, 0.3) is 0 Å². The molecule has 0 N–H and O–H groups in total. The fraction of sp³-hybridized carbons (Fsp3) is 0.562. The van der Waals surface area contributed by atoms with Crippen molar-refractivity contribution in [2.45, 2.75) is 46.0 Å². The van der Waals surface area contributed by atoms with E-state index in [9.17, 15) is 4.79 Å². The first-order valence-corrected chi connectivity index (χ1v) is 6.57. The van der Waals surface area contributed by atoms with E-state index in [-0.39, 0.29) is 5.41 Å². The summed E-state index contributed by atoms with van der Waals surface area (Å²) in [5.41, 5.74) is 1.28. The van der Waals surface area contributed by atoms with Gasteiger partial charge < -0.3 is 0 Å². The fourth-order valence-corrected chi connectivity index (χ4v) is 2.37. The highest BCUT2D eigenvalue weighted by molar-refractivity contribution is 5.83. The lowest BCUT2D eigenvalue weighted by Crippen LogP contribution is -2.19. The first kappa shape index (κ1) is 12.3. The Bertz CT molecular complexity index is 386. The van der Waals surface area contributed by atoms with Gasteiger partial charge in [-0.1, -0.05) is 51.1 Å². The van der Waals surface area contributed by atoms with Gasteiger partial charge in [0.25, 0.3) is 0 Å². The lowest BCUT2D eigenvalue weighted by atomic mass is 9.87. The summed E-state index contributed by atoms with van der Waals surface area (Å²) in [6.07, 6.45) is 3.08. The fourth-order valence-electron chi connectivity index (χ4n) is 2.37. The summed E-state index contributed by atoms with van der Waals surface area (Å²) in [6, 6.07) is 10.7. The third kappa shape index (κ3) is 3.18. The molecule has 0 saturated heterocycles. The number of Topliss-reactive ketones (excluding diaryl/α,β-unsaturated/α-hetero) is 1. The maximum atomic E-state index is 11.8. The van der Waals surface area contributed by atoms with Crippen molar-refractivity contribution in [2.75, 3.05) is 0 Å². The zero-order valence-electron chi connectivity index (χ0n) is 11.1. The Morgan fingerprint density at radius 3 is 2.47 bits per heavy atom. The largest absolute Gasteiger partial charge is 0.299 e. The molecule has 1 aromatic rings. The van der Waals surface area contributed by atoms with E-state index in [1.165, 1.54) is 12.0 Å². The molecule has 1 nitrogen and oxygen atoms in total. The smallest absolute Gasteiger partial charge is 0.138 e. The van der Waals surface area contributed by atoms with E-state index in [0.717, 1.165) is 18.8 Å². The molecule has 2 rings (SSSR count). The van der Waals surface area contributed by atoms with Gasteiger partial charge in [0.2, 0.25) is 0 Å². The van der Waals surface area contributed by atoms with Crippen LogP contribution in [0.2, 0.25) is 0 Å². The van der Waals surface area contributed by atoms with Gasteiger partial charge in [0, 0.05) is 11.8 Å². The van der Waals surface area contributed by atoms with Crippen LogP contribution in [-0.4, -0.2) is 5.78 Å². The van der Waals surface area contributed by atoms with Crippen LogP contribution < -0.4 is 0 Å². The van der Waals surface area contributed by atoms with E-state index in [1.54, 1.807) is 0 Å². The number of benzene rings is 1. The summed E-state index contributed by atoms with van der Waals surface area (Å²) >= 11 is 0. The number of rotatable bonds is 4. The Labute approximate surface area is 104 Å². The normalized spacial score (nSPS) is 23.5. The molecule has 17 heavy (non-hydrogen) atoms. The highest BCUT2D eigenvalue weighted by Gasteiger charge is 2.38. The number of carbonyl (C=O) groups is 1. The molecule has 1 saturated carbocycles. The van der Waals surface area contributed by atoms with Crippen LogP contribution in [0.4, 0.5) is 0 Å². The van der Waals surface area contributed by atoms with Crippen molar-refractivity contribution in [3.63, 3.8) is 0 Å². The SMILES string of the molecule is CC(C)(C)C(=O)CCC1CC1c1ccccc1. The van der Waals surface area contributed by atoms with E-state index in [2.05, 4.69) is 30.3 Å². The van der Waals surface area contributed by atoms with Crippen molar-refractivity contribution in [2.24, 2.45) is 11.3 Å². The zero-order valence-corrected chi connectivity index (χ0v) is 11.1. The minimum Gasteiger partial charge on any atom is -0.299 e. The summed E-state index contributed by atoms with van der Waals surface area (Å²) in [7, 11) is 0. The quantitative estimate of drug-likeness (QED) is 0.758. The van der Waals surface area contributed by atoms with Crippen molar-refractivity contribution in [1.82, 2.24) is 0 Å². The molecule has 0 heterocycles. The van der Waals surface area contributed by atoms with Crippen molar-refractivity contribution < 1.29 is 4.79 Å². The van der Waals surface area contributed by atoms with E-state index in [0.29, 0.717) is 11.7 Å². The minimum absolute atomic E-state index is 0.170. The Kier molecular flexibility index (Phi) is 3.37. The second kappa shape index (κ2) is 4.64. The van der Waals surface area contributed by atoms with Crippen LogP contribution in [-0.2, 0) is 4.79 Å². The molecule has 1 aliphatic rings. The summed E-state index contributed by atoms with van der Waals surface area (Å²) in [6.45, 7) is 6.03. The molecule has 1 aromatic carbocycles. The Morgan fingerprint density at radius 2 is 1.88 bits per heavy atom. The standard InChI is InChI=1S/C16H22O/c1-16(2,3)15(17)10-9-13-11-14(13)12-7-5-4-6-8-12/h4-8,13-14H,9-11H2,1-3H3. The first-order chi connectivity index (χ1) is 7.98. The molecule has 0 radical (unpaired) electrons. The number of carbonyl (C=O) groups excluding carboxylic acids is 1. The Morgan fingerprint density at radius 1 is 1.24 bits per heavy atom. The van der Waals surface area contributed by atoms with Crippen LogP contribution >= 0.6 is 0 Å². The third-order valence-corrected chi connectivity index (χ3v) is 3.73. The molecule has 1 aliphatic carbocycles. The molecule has 0 bridgehead atoms. The second-order valence-electron chi connectivity index (χ2n) is 6.22. The maximum Gasteiger partial charge on any atom is 0.138 e. The molecule has 2 unspecified atom stereocenters. The Hall–Kier alpha value is -1.11. The molecule has 0 amide bonds. The highest BCUT2D eigenvalue weighted by Crippen LogP contribution is 2.50. The van der Waals surface area contributed by atoms with Gasteiger partial charge in [0.15, 0.2) is 0 Å².